The van der Waals surface area contributed by atoms with E-state index in [9.17, 15) is 4.79 Å². The van der Waals surface area contributed by atoms with Crippen LogP contribution in [0.2, 0.25) is 0 Å². The van der Waals surface area contributed by atoms with E-state index in [1.807, 2.05) is 62.1 Å². The van der Waals surface area contributed by atoms with E-state index in [4.69, 9.17) is 4.74 Å². The number of aryl methyl sites for hydroxylation is 3. The maximum Gasteiger partial charge on any atom is 0.317 e. The molecule has 1 amide bonds. The summed E-state index contributed by atoms with van der Waals surface area (Å²) in [6.45, 7) is 7.21. The molecule has 0 bridgehead atoms. The predicted molar refractivity (Wildman–Crippen MR) is 102 cm³/mol. The van der Waals surface area contributed by atoms with Gasteiger partial charge >= 0.3 is 6.01 Å². The second-order valence-corrected chi connectivity index (χ2v) is 6.79. The second-order valence-electron chi connectivity index (χ2n) is 6.79. The summed E-state index contributed by atoms with van der Waals surface area (Å²) in [4.78, 5) is 23.0. The third kappa shape index (κ3) is 4.69. The number of hydrogen-bond acceptors (Lipinski definition) is 4. The molecule has 0 aliphatic carbocycles. The van der Waals surface area contributed by atoms with Gasteiger partial charge < -0.3 is 9.64 Å². The maximum absolute atomic E-state index is 12.5. The minimum atomic E-state index is -0.0687. The SMILES string of the molecule is Cc1cc(C)nc(OC2CCCN(C(=O)/C=C/c3ccccc3C)C2)n1. The fourth-order valence-electron chi connectivity index (χ4n) is 3.17. The molecule has 0 radical (unpaired) electrons. The smallest absolute Gasteiger partial charge is 0.317 e. The highest BCUT2D eigenvalue weighted by Crippen LogP contribution is 2.17. The second kappa shape index (κ2) is 8.13. The van der Waals surface area contributed by atoms with Gasteiger partial charge in [0.25, 0.3) is 0 Å². The Hall–Kier alpha value is -2.69. The van der Waals surface area contributed by atoms with Gasteiger partial charge in [-0.25, -0.2) is 9.97 Å². The van der Waals surface area contributed by atoms with Gasteiger partial charge in [-0.3, -0.25) is 4.79 Å². The lowest BCUT2D eigenvalue weighted by Gasteiger charge is -2.31. The Bertz CT molecular complexity index is 796. The van der Waals surface area contributed by atoms with Crippen LogP contribution in [0.1, 0.15) is 35.4 Å². The Morgan fingerprint density at radius 2 is 1.92 bits per heavy atom. The van der Waals surface area contributed by atoms with E-state index >= 15 is 0 Å². The highest BCUT2D eigenvalue weighted by molar-refractivity contribution is 5.92. The molecule has 1 aromatic heterocycles. The van der Waals surface area contributed by atoms with E-state index in [0.717, 1.165) is 41.9 Å². The third-order valence-corrected chi connectivity index (χ3v) is 4.52. The van der Waals surface area contributed by atoms with Crippen molar-refractivity contribution < 1.29 is 9.53 Å². The lowest BCUT2D eigenvalue weighted by Crippen LogP contribution is -2.44. The number of aromatic nitrogens is 2. The quantitative estimate of drug-likeness (QED) is 0.791. The zero-order valence-corrected chi connectivity index (χ0v) is 15.6. The molecule has 2 heterocycles. The molecule has 1 saturated heterocycles. The molecule has 0 spiro atoms. The highest BCUT2D eigenvalue weighted by Gasteiger charge is 2.24. The van der Waals surface area contributed by atoms with Crippen LogP contribution >= 0.6 is 0 Å². The van der Waals surface area contributed by atoms with Crippen molar-refractivity contribution in [3.8, 4) is 6.01 Å². The maximum atomic E-state index is 12.5. The first-order valence-electron chi connectivity index (χ1n) is 9.03. The van der Waals surface area contributed by atoms with Crippen LogP contribution < -0.4 is 4.74 Å². The van der Waals surface area contributed by atoms with Crippen molar-refractivity contribution in [2.75, 3.05) is 13.1 Å². The fourth-order valence-corrected chi connectivity index (χ4v) is 3.17. The molecule has 1 unspecified atom stereocenters. The van der Waals surface area contributed by atoms with Gasteiger partial charge in [-0.05, 0) is 56.9 Å². The largest absolute Gasteiger partial charge is 0.458 e. The van der Waals surface area contributed by atoms with Crippen LogP contribution in [-0.4, -0.2) is 40.0 Å². The van der Waals surface area contributed by atoms with Crippen LogP contribution in [0.4, 0.5) is 0 Å². The molecule has 1 atom stereocenters. The van der Waals surface area contributed by atoms with Crippen LogP contribution in [0, 0.1) is 20.8 Å². The van der Waals surface area contributed by atoms with Crippen LogP contribution in [0.15, 0.2) is 36.4 Å². The molecule has 0 N–H and O–H groups in total. The Kier molecular flexibility index (Phi) is 5.66. The van der Waals surface area contributed by atoms with E-state index in [2.05, 4.69) is 9.97 Å². The normalized spacial score (nSPS) is 17.5. The van der Waals surface area contributed by atoms with Gasteiger partial charge in [0.05, 0.1) is 6.54 Å². The molecule has 1 aromatic carbocycles. The molecule has 5 heteroatoms. The number of ether oxygens (including phenoxy) is 1. The zero-order chi connectivity index (χ0) is 18.5. The first kappa shape index (κ1) is 18.1. The predicted octanol–water partition coefficient (Wildman–Crippen LogP) is 3.49. The molecule has 136 valence electrons. The third-order valence-electron chi connectivity index (χ3n) is 4.52. The van der Waals surface area contributed by atoms with E-state index in [1.54, 1.807) is 6.08 Å². The Morgan fingerprint density at radius 1 is 1.19 bits per heavy atom. The van der Waals surface area contributed by atoms with Crippen molar-refractivity contribution in [1.82, 2.24) is 14.9 Å². The minimum absolute atomic E-state index is 0.0166. The Morgan fingerprint density at radius 3 is 2.65 bits per heavy atom. The lowest BCUT2D eigenvalue weighted by atomic mass is 10.1. The topological polar surface area (TPSA) is 55.3 Å². The highest BCUT2D eigenvalue weighted by atomic mass is 16.5. The van der Waals surface area contributed by atoms with Gasteiger partial charge in [0, 0.05) is 24.0 Å². The number of likely N-dealkylation sites (tertiary alicyclic amines) is 1. The van der Waals surface area contributed by atoms with E-state index in [0.29, 0.717) is 12.6 Å². The fraction of sp³-hybridized carbons (Fsp3) is 0.381. The Labute approximate surface area is 154 Å². The average Bonchev–Trinajstić information content (AvgIpc) is 2.60. The molecule has 2 aromatic rings. The van der Waals surface area contributed by atoms with Crippen LogP contribution in [0.5, 0.6) is 6.01 Å². The standard InChI is InChI=1S/C21H25N3O2/c1-15-7-4-5-8-18(15)10-11-20(25)24-12-6-9-19(14-24)26-21-22-16(2)13-17(3)23-21/h4-5,7-8,10-11,13,19H,6,9,12,14H2,1-3H3/b11-10+. The summed E-state index contributed by atoms with van der Waals surface area (Å²) < 4.78 is 5.94. The summed E-state index contributed by atoms with van der Waals surface area (Å²) in [5.41, 5.74) is 3.99. The summed E-state index contributed by atoms with van der Waals surface area (Å²) >= 11 is 0. The summed E-state index contributed by atoms with van der Waals surface area (Å²) in [6.07, 6.45) is 5.29. The molecule has 5 nitrogen and oxygen atoms in total. The number of rotatable bonds is 4. The number of nitrogens with zero attached hydrogens (tertiary/aromatic N) is 3. The first-order chi connectivity index (χ1) is 12.5. The monoisotopic (exact) mass is 351 g/mol. The van der Waals surface area contributed by atoms with Crippen LogP contribution in [0.3, 0.4) is 0 Å². The first-order valence-corrected chi connectivity index (χ1v) is 9.03. The summed E-state index contributed by atoms with van der Waals surface area (Å²) in [5.74, 6) is 0.0166. The summed E-state index contributed by atoms with van der Waals surface area (Å²) in [5, 5.41) is 0. The van der Waals surface area contributed by atoms with Gasteiger partial charge in [0.15, 0.2) is 0 Å². The van der Waals surface area contributed by atoms with Gasteiger partial charge in [0.1, 0.15) is 6.10 Å². The van der Waals surface area contributed by atoms with Gasteiger partial charge in [-0.2, -0.15) is 0 Å². The van der Waals surface area contributed by atoms with Crippen LogP contribution in [0.25, 0.3) is 6.08 Å². The van der Waals surface area contributed by atoms with E-state index < -0.39 is 0 Å². The van der Waals surface area contributed by atoms with Crippen molar-refractivity contribution in [1.29, 1.82) is 0 Å². The Balaban J connectivity index is 1.62. The van der Waals surface area contributed by atoms with E-state index in [-0.39, 0.29) is 12.0 Å². The number of amides is 1. The zero-order valence-electron chi connectivity index (χ0n) is 15.6. The molecule has 1 aliphatic heterocycles. The molecule has 1 fully saturated rings. The minimum Gasteiger partial charge on any atom is -0.458 e. The molecule has 0 saturated carbocycles. The van der Waals surface area contributed by atoms with Gasteiger partial charge in [-0.1, -0.05) is 24.3 Å². The summed E-state index contributed by atoms with van der Waals surface area (Å²) in [7, 11) is 0. The summed E-state index contributed by atoms with van der Waals surface area (Å²) in [6, 6.07) is 10.3. The van der Waals surface area contributed by atoms with Crippen molar-refractivity contribution >= 4 is 12.0 Å². The molecule has 26 heavy (non-hydrogen) atoms. The van der Waals surface area contributed by atoms with Gasteiger partial charge in [-0.15, -0.1) is 0 Å². The lowest BCUT2D eigenvalue weighted by molar-refractivity contribution is -0.128. The molecular formula is C21H25N3O2. The molecular weight excluding hydrogens is 326 g/mol. The van der Waals surface area contributed by atoms with Gasteiger partial charge in [0.2, 0.25) is 5.91 Å². The van der Waals surface area contributed by atoms with E-state index in [1.165, 1.54) is 0 Å². The molecule has 3 rings (SSSR count). The van der Waals surface area contributed by atoms with Crippen molar-refractivity contribution in [2.24, 2.45) is 0 Å². The number of benzene rings is 1. The number of hydrogen-bond donors (Lipinski definition) is 0. The van der Waals surface area contributed by atoms with Crippen molar-refractivity contribution in [2.45, 2.75) is 39.7 Å². The van der Waals surface area contributed by atoms with Crippen LogP contribution in [-0.2, 0) is 4.79 Å². The van der Waals surface area contributed by atoms with Crippen molar-refractivity contribution in [3.63, 3.8) is 0 Å². The molecule has 1 aliphatic rings. The number of piperidine rings is 1. The number of carbonyl (C=O) groups is 1. The van der Waals surface area contributed by atoms with Crippen molar-refractivity contribution in [3.05, 3.63) is 58.9 Å². The number of carbonyl (C=O) groups excluding carboxylic acids is 1. The average molecular weight is 351 g/mol.